The van der Waals surface area contributed by atoms with Crippen molar-refractivity contribution in [2.45, 2.75) is 13.8 Å². The summed E-state index contributed by atoms with van der Waals surface area (Å²) in [7, 11) is 0. The molecular weight excluding hydrogens is 374 g/mol. The molecule has 0 aliphatic rings. The van der Waals surface area contributed by atoms with Crippen molar-refractivity contribution in [1.82, 2.24) is 0 Å². The quantitative estimate of drug-likeness (QED) is 0.703. The van der Waals surface area contributed by atoms with Crippen LogP contribution in [0.5, 0.6) is 0 Å². The lowest BCUT2D eigenvalue weighted by Gasteiger charge is -2.09. The highest BCUT2D eigenvalue weighted by Gasteiger charge is 2.15. The molecule has 0 heterocycles. The predicted octanol–water partition coefficient (Wildman–Crippen LogP) is 3.29. The zero-order chi connectivity index (χ0) is 17.7. The number of hydrogen-bond donors (Lipinski definition) is 3. The molecule has 0 bridgehead atoms. The minimum atomic E-state index is -0.803. The van der Waals surface area contributed by atoms with E-state index >= 15 is 0 Å². The maximum atomic E-state index is 12.0. The second kappa shape index (κ2) is 7.74. The Morgan fingerprint density at radius 2 is 1.50 bits per heavy atom. The SMILES string of the molecule is CC(=O)Nc1cccc(NC(=O)C(=O)Nc2ccc(C)cc2Br)c1. The van der Waals surface area contributed by atoms with Crippen molar-refractivity contribution in [2.75, 3.05) is 16.0 Å². The van der Waals surface area contributed by atoms with Gasteiger partial charge in [-0.3, -0.25) is 14.4 Å². The highest BCUT2D eigenvalue weighted by atomic mass is 79.9. The molecule has 0 spiro atoms. The van der Waals surface area contributed by atoms with Gasteiger partial charge in [0.05, 0.1) is 5.69 Å². The van der Waals surface area contributed by atoms with Gasteiger partial charge in [-0.15, -0.1) is 0 Å². The summed E-state index contributed by atoms with van der Waals surface area (Å²) in [4.78, 5) is 35.1. The summed E-state index contributed by atoms with van der Waals surface area (Å²) in [6.45, 7) is 3.31. The van der Waals surface area contributed by atoms with E-state index in [1.54, 1.807) is 30.3 Å². The van der Waals surface area contributed by atoms with Crippen LogP contribution in [0.25, 0.3) is 0 Å². The van der Waals surface area contributed by atoms with E-state index in [9.17, 15) is 14.4 Å². The molecule has 3 amide bonds. The molecule has 0 radical (unpaired) electrons. The number of anilines is 3. The number of nitrogens with one attached hydrogen (secondary N) is 3. The number of carbonyl (C=O) groups excluding carboxylic acids is 3. The monoisotopic (exact) mass is 389 g/mol. The van der Waals surface area contributed by atoms with Crippen LogP contribution in [-0.2, 0) is 14.4 Å². The first kappa shape index (κ1) is 17.7. The normalized spacial score (nSPS) is 9.96. The molecule has 6 nitrogen and oxygen atoms in total. The number of benzene rings is 2. The second-order valence-corrected chi connectivity index (χ2v) is 6.01. The lowest BCUT2D eigenvalue weighted by atomic mass is 10.2. The number of rotatable bonds is 3. The largest absolute Gasteiger partial charge is 0.326 e. The summed E-state index contributed by atoms with van der Waals surface area (Å²) in [5.41, 5.74) is 2.47. The van der Waals surface area contributed by atoms with E-state index in [1.165, 1.54) is 6.92 Å². The van der Waals surface area contributed by atoms with Crippen molar-refractivity contribution in [1.29, 1.82) is 0 Å². The molecule has 2 rings (SSSR count). The van der Waals surface area contributed by atoms with Crippen molar-refractivity contribution in [3.63, 3.8) is 0 Å². The maximum absolute atomic E-state index is 12.0. The van der Waals surface area contributed by atoms with Crippen molar-refractivity contribution >= 4 is 50.7 Å². The summed E-state index contributed by atoms with van der Waals surface area (Å²) in [5.74, 6) is -1.81. The predicted molar refractivity (Wildman–Crippen MR) is 96.9 cm³/mol. The zero-order valence-corrected chi connectivity index (χ0v) is 14.7. The summed E-state index contributed by atoms with van der Waals surface area (Å²) >= 11 is 3.34. The number of aryl methyl sites for hydroxylation is 1. The Balaban J connectivity index is 2.03. The van der Waals surface area contributed by atoms with Gasteiger partial charge in [0, 0.05) is 22.8 Å². The molecule has 2 aromatic carbocycles. The minimum Gasteiger partial charge on any atom is -0.326 e. The topological polar surface area (TPSA) is 87.3 Å². The van der Waals surface area contributed by atoms with Gasteiger partial charge in [-0.2, -0.15) is 0 Å². The van der Waals surface area contributed by atoms with Crippen molar-refractivity contribution in [3.8, 4) is 0 Å². The standard InChI is InChI=1S/C17H16BrN3O3/c1-10-6-7-15(14(18)8-10)21-17(24)16(23)20-13-5-3-4-12(9-13)19-11(2)22/h3-9H,1-2H3,(H,19,22)(H,20,23)(H,21,24). The zero-order valence-electron chi connectivity index (χ0n) is 13.1. The van der Waals surface area contributed by atoms with E-state index in [0.29, 0.717) is 21.5 Å². The van der Waals surface area contributed by atoms with Crippen LogP contribution in [0.2, 0.25) is 0 Å². The van der Waals surface area contributed by atoms with E-state index in [2.05, 4.69) is 31.9 Å². The fourth-order valence-electron chi connectivity index (χ4n) is 1.97. The fourth-order valence-corrected chi connectivity index (χ4v) is 2.56. The molecule has 24 heavy (non-hydrogen) atoms. The summed E-state index contributed by atoms with van der Waals surface area (Å²) in [6, 6.07) is 11.9. The first-order valence-corrected chi connectivity index (χ1v) is 7.90. The van der Waals surface area contributed by atoms with E-state index < -0.39 is 11.8 Å². The summed E-state index contributed by atoms with van der Waals surface area (Å²) in [5, 5.41) is 7.63. The Bertz CT molecular complexity index is 805. The molecule has 0 fully saturated rings. The molecule has 3 N–H and O–H groups in total. The number of hydrogen-bond acceptors (Lipinski definition) is 3. The van der Waals surface area contributed by atoms with Gasteiger partial charge in [-0.1, -0.05) is 12.1 Å². The number of carbonyl (C=O) groups is 3. The molecule has 0 aliphatic heterocycles. The Morgan fingerprint density at radius 1 is 0.875 bits per heavy atom. The van der Waals surface area contributed by atoms with Crippen LogP contribution in [0, 0.1) is 6.92 Å². The minimum absolute atomic E-state index is 0.222. The Hall–Kier alpha value is -2.67. The van der Waals surface area contributed by atoms with Gasteiger partial charge in [-0.05, 0) is 58.7 Å². The van der Waals surface area contributed by atoms with Gasteiger partial charge in [0.1, 0.15) is 0 Å². The molecule has 7 heteroatoms. The average molecular weight is 390 g/mol. The highest BCUT2D eigenvalue weighted by molar-refractivity contribution is 9.10. The Morgan fingerprint density at radius 3 is 2.12 bits per heavy atom. The number of halogens is 1. The first-order chi connectivity index (χ1) is 11.3. The molecule has 0 saturated heterocycles. The van der Waals surface area contributed by atoms with E-state index in [1.807, 2.05) is 19.1 Å². The third-order valence-corrected chi connectivity index (χ3v) is 3.68. The van der Waals surface area contributed by atoms with E-state index in [4.69, 9.17) is 0 Å². The Labute approximate surface area is 147 Å². The highest BCUT2D eigenvalue weighted by Crippen LogP contribution is 2.23. The van der Waals surface area contributed by atoms with Gasteiger partial charge < -0.3 is 16.0 Å². The van der Waals surface area contributed by atoms with Gasteiger partial charge in [0.25, 0.3) is 0 Å². The van der Waals surface area contributed by atoms with Crippen LogP contribution in [0.15, 0.2) is 46.9 Å². The van der Waals surface area contributed by atoms with Crippen LogP contribution in [0.3, 0.4) is 0 Å². The third kappa shape index (κ3) is 4.92. The fraction of sp³-hybridized carbons (Fsp3) is 0.118. The molecule has 0 aromatic heterocycles. The van der Waals surface area contributed by atoms with Crippen LogP contribution >= 0.6 is 15.9 Å². The summed E-state index contributed by atoms with van der Waals surface area (Å²) < 4.78 is 0.691. The smallest absolute Gasteiger partial charge is 0.314 e. The van der Waals surface area contributed by atoms with Gasteiger partial charge in [0.15, 0.2) is 0 Å². The molecule has 0 aliphatic carbocycles. The van der Waals surface area contributed by atoms with E-state index in [-0.39, 0.29) is 5.91 Å². The van der Waals surface area contributed by atoms with Crippen LogP contribution in [0.1, 0.15) is 12.5 Å². The lowest BCUT2D eigenvalue weighted by molar-refractivity contribution is -0.133. The van der Waals surface area contributed by atoms with Gasteiger partial charge >= 0.3 is 11.8 Å². The lowest BCUT2D eigenvalue weighted by Crippen LogP contribution is -2.29. The molecule has 0 atom stereocenters. The van der Waals surface area contributed by atoms with Crippen molar-refractivity contribution in [2.24, 2.45) is 0 Å². The first-order valence-electron chi connectivity index (χ1n) is 7.11. The van der Waals surface area contributed by atoms with Crippen molar-refractivity contribution < 1.29 is 14.4 Å². The number of amides is 3. The third-order valence-electron chi connectivity index (χ3n) is 3.02. The molecule has 0 saturated carbocycles. The van der Waals surface area contributed by atoms with Crippen molar-refractivity contribution in [3.05, 3.63) is 52.5 Å². The molecule has 0 unspecified atom stereocenters. The van der Waals surface area contributed by atoms with Crippen LogP contribution in [-0.4, -0.2) is 17.7 Å². The molecular formula is C17H16BrN3O3. The van der Waals surface area contributed by atoms with Gasteiger partial charge in [0.2, 0.25) is 5.91 Å². The van der Waals surface area contributed by atoms with Crippen LogP contribution in [0.4, 0.5) is 17.1 Å². The molecule has 124 valence electrons. The second-order valence-electron chi connectivity index (χ2n) is 5.15. The van der Waals surface area contributed by atoms with Gasteiger partial charge in [-0.25, -0.2) is 0 Å². The van der Waals surface area contributed by atoms with Crippen LogP contribution < -0.4 is 16.0 Å². The Kier molecular flexibility index (Phi) is 5.70. The maximum Gasteiger partial charge on any atom is 0.314 e. The molecule has 2 aromatic rings. The summed E-state index contributed by atoms with van der Waals surface area (Å²) in [6.07, 6.45) is 0. The van der Waals surface area contributed by atoms with E-state index in [0.717, 1.165) is 5.56 Å². The average Bonchev–Trinajstić information content (AvgIpc) is 2.49.